The zero-order valence-electron chi connectivity index (χ0n) is 16.8. The van der Waals surface area contributed by atoms with Gasteiger partial charge >= 0.3 is 10.4 Å². The molecule has 4 N–H and O–H groups in total. The summed E-state index contributed by atoms with van der Waals surface area (Å²) >= 11 is 0. The Labute approximate surface area is 193 Å². The second-order valence-electron chi connectivity index (χ2n) is 6.68. The van der Waals surface area contributed by atoms with E-state index in [2.05, 4.69) is 14.4 Å². The van der Waals surface area contributed by atoms with Gasteiger partial charge in [0.25, 0.3) is 10.1 Å². The number of benzene rings is 3. The zero-order chi connectivity index (χ0) is 25.3. The molecule has 0 heterocycles. The first-order valence-corrected chi connectivity index (χ1v) is 13.5. The third kappa shape index (κ3) is 5.85. The van der Waals surface area contributed by atoms with E-state index in [0.717, 1.165) is 24.3 Å². The predicted molar refractivity (Wildman–Crippen MR) is 117 cm³/mol. The van der Waals surface area contributed by atoms with E-state index in [4.69, 9.17) is 4.55 Å². The minimum Gasteiger partial charge on any atom is -0.506 e. The Kier molecular flexibility index (Phi) is 6.92. The molecule has 34 heavy (non-hydrogen) atoms. The highest BCUT2D eigenvalue weighted by Gasteiger charge is 2.20. The summed E-state index contributed by atoms with van der Waals surface area (Å²) in [6.07, 6.45) is 0. The Morgan fingerprint density at radius 2 is 1.41 bits per heavy atom. The molecule has 0 aliphatic carbocycles. The van der Waals surface area contributed by atoms with E-state index in [0.29, 0.717) is 0 Å². The molecular formula is C18H16N2O11S3. The molecule has 0 spiro atoms. The van der Waals surface area contributed by atoms with Gasteiger partial charge in [0.2, 0.25) is 0 Å². The molecule has 0 aromatic heterocycles. The van der Waals surface area contributed by atoms with Crippen LogP contribution in [0.3, 0.4) is 0 Å². The number of fused-ring (bicyclic) bond motifs is 1. The molecular weight excluding hydrogens is 516 g/mol. The van der Waals surface area contributed by atoms with Crippen molar-refractivity contribution in [3.63, 3.8) is 0 Å². The maximum atomic E-state index is 12.2. The summed E-state index contributed by atoms with van der Waals surface area (Å²) < 4.78 is 91.0. The van der Waals surface area contributed by atoms with Gasteiger partial charge in [-0.3, -0.25) is 9.11 Å². The molecule has 0 fully saturated rings. The molecule has 0 bridgehead atoms. The van der Waals surface area contributed by atoms with Gasteiger partial charge in [0.05, 0.1) is 17.3 Å². The molecule has 0 saturated carbocycles. The first-order chi connectivity index (χ1) is 15.7. The van der Waals surface area contributed by atoms with Crippen molar-refractivity contribution in [3.8, 4) is 11.5 Å². The maximum Gasteiger partial charge on any atom is 0.397 e. The Bertz CT molecular complexity index is 1610. The van der Waals surface area contributed by atoms with E-state index in [-0.39, 0.29) is 22.1 Å². The standard InChI is InChI=1S/C18H16N2O11S3/c21-16-9-11(32(23,24)8-7-31-34(28,29)30)5-6-14(16)19-20-15-10-17(33(25,26)27)12-3-1-2-4-13(12)18(15)22/h1-6,9-10,21-22H,7-8H2,(H,25,26,27)(H,28,29,30). The van der Waals surface area contributed by atoms with E-state index in [1.807, 2.05) is 0 Å². The topological polar surface area (TPSA) is 217 Å². The third-order valence-electron chi connectivity index (χ3n) is 4.39. The summed E-state index contributed by atoms with van der Waals surface area (Å²) in [5, 5.41) is 28.1. The average Bonchev–Trinajstić information content (AvgIpc) is 2.72. The van der Waals surface area contributed by atoms with E-state index >= 15 is 0 Å². The lowest BCUT2D eigenvalue weighted by molar-refractivity contribution is 0.284. The molecule has 0 saturated heterocycles. The Balaban J connectivity index is 1.94. The molecule has 0 radical (unpaired) electrons. The summed E-state index contributed by atoms with van der Waals surface area (Å²) in [6.45, 7) is -0.860. The number of nitrogens with zero attached hydrogens (tertiary/aromatic N) is 2. The van der Waals surface area contributed by atoms with Crippen LogP contribution in [0.2, 0.25) is 0 Å². The van der Waals surface area contributed by atoms with Gasteiger partial charge in [0.15, 0.2) is 15.6 Å². The van der Waals surface area contributed by atoms with Gasteiger partial charge in [-0.2, -0.15) is 16.8 Å². The number of phenols is 2. The van der Waals surface area contributed by atoms with Crippen LogP contribution in [0, 0.1) is 0 Å². The number of hydrogen-bond donors (Lipinski definition) is 4. The second-order valence-corrected chi connectivity index (χ2v) is 11.3. The predicted octanol–water partition coefficient (Wildman–Crippen LogP) is 2.51. The quantitative estimate of drug-likeness (QED) is 0.244. The fourth-order valence-corrected chi connectivity index (χ4v) is 5.08. The van der Waals surface area contributed by atoms with Crippen molar-refractivity contribution in [3.05, 3.63) is 48.5 Å². The van der Waals surface area contributed by atoms with Crippen LogP contribution >= 0.6 is 0 Å². The number of aromatic hydroxyl groups is 2. The molecule has 13 nitrogen and oxygen atoms in total. The summed E-state index contributed by atoms with van der Waals surface area (Å²) in [5.41, 5.74) is -0.612. The van der Waals surface area contributed by atoms with Crippen molar-refractivity contribution in [2.75, 3.05) is 12.4 Å². The Hall–Kier alpha value is -3.15. The number of sulfone groups is 1. The van der Waals surface area contributed by atoms with Crippen molar-refractivity contribution < 1.29 is 48.8 Å². The summed E-state index contributed by atoms with van der Waals surface area (Å²) in [5.74, 6) is -1.93. The van der Waals surface area contributed by atoms with Crippen LogP contribution in [-0.4, -0.2) is 56.9 Å². The van der Waals surface area contributed by atoms with Crippen molar-refractivity contribution >= 4 is 52.5 Å². The molecule has 3 rings (SSSR count). The number of rotatable bonds is 8. The van der Waals surface area contributed by atoms with Crippen LogP contribution in [0.25, 0.3) is 10.8 Å². The third-order valence-corrected chi connectivity index (χ3v) is 7.43. The monoisotopic (exact) mass is 532 g/mol. The maximum absolute atomic E-state index is 12.2. The number of phenolic OH excluding ortho intramolecular Hbond substituents is 2. The van der Waals surface area contributed by atoms with Gasteiger partial charge in [-0.05, 0) is 18.2 Å². The first kappa shape index (κ1) is 25.5. The fourth-order valence-electron chi connectivity index (χ4n) is 2.86. The molecule has 0 aliphatic rings. The lowest BCUT2D eigenvalue weighted by atomic mass is 10.1. The Morgan fingerprint density at radius 1 is 0.794 bits per heavy atom. The first-order valence-electron chi connectivity index (χ1n) is 9.00. The number of azo groups is 1. The van der Waals surface area contributed by atoms with Crippen molar-refractivity contribution in [2.24, 2.45) is 10.2 Å². The highest BCUT2D eigenvalue weighted by Crippen LogP contribution is 2.40. The highest BCUT2D eigenvalue weighted by molar-refractivity contribution is 7.91. The molecule has 182 valence electrons. The Morgan fingerprint density at radius 3 is 2.00 bits per heavy atom. The number of hydrogen-bond acceptors (Lipinski definition) is 11. The lowest BCUT2D eigenvalue weighted by Gasteiger charge is -2.08. The minimum atomic E-state index is -4.82. The van der Waals surface area contributed by atoms with Crippen LogP contribution in [0.15, 0.2) is 68.6 Å². The van der Waals surface area contributed by atoms with Crippen LogP contribution in [0.1, 0.15) is 0 Å². The summed E-state index contributed by atoms with van der Waals surface area (Å²) in [6, 6.07) is 9.54. The van der Waals surface area contributed by atoms with Gasteiger partial charge in [-0.15, -0.1) is 10.2 Å². The minimum absolute atomic E-state index is 0.0387. The average molecular weight is 533 g/mol. The van der Waals surface area contributed by atoms with Crippen molar-refractivity contribution in [1.82, 2.24) is 0 Å². The smallest absolute Gasteiger partial charge is 0.397 e. The van der Waals surface area contributed by atoms with E-state index in [9.17, 15) is 40.0 Å². The highest BCUT2D eigenvalue weighted by atomic mass is 32.3. The van der Waals surface area contributed by atoms with Gasteiger partial charge in [0, 0.05) is 16.8 Å². The van der Waals surface area contributed by atoms with Crippen molar-refractivity contribution in [1.29, 1.82) is 0 Å². The van der Waals surface area contributed by atoms with Gasteiger partial charge in [-0.25, -0.2) is 12.6 Å². The van der Waals surface area contributed by atoms with Crippen LogP contribution in [0.5, 0.6) is 11.5 Å². The molecule has 0 aliphatic heterocycles. The van der Waals surface area contributed by atoms with E-state index < -0.39 is 64.0 Å². The van der Waals surface area contributed by atoms with Crippen LogP contribution < -0.4 is 0 Å². The molecule has 3 aromatic rings. The van der Waals surface area contributed by atoms with E-state index in [1.165, 1.54) is 24.3 Å². The SMILES string of the molecule is O=S(=O)(O)OCCS(=O)(=O)c1ccc(N=Nc2cc(S(=O)(=O)O)c3ccccc3c2O)c(O)c1. The molecule has 16 heteroatoms. The van der Waals surface area contributed by atoms with Crippen LogP contribution in [0.4, 0.5) is 11.4 Å². The summed E-state index contributed by atoms with van der Waals surface area (Å²) in [7, 11) is -13.6. The van der Waals surface area contributed by atoms with Crippen molar-refractivity contribution in [2.45, 2.75) is 9.79 Å². The van der Waals surface area contributed by atoms with Gasteiger partial charge in [-0.1, -0.05) is 24.3 Å². The molecule has 3 aromatic carbocycles. The largest absolute Gasteiger partial charge is 0.506 e. The lowest BCUT2D eigenvalue weighted by Crippen LogP contribution is -2.15. The summed E-state index contributed by atoms with van der Waals surface area (Å²) in [4.78, 5) is -0.947. The zero-order valence-corrected chi connectivity index (χ0v) is 19.2. The van der Waals surface area contributed by atoms with Crippen LogP contribution in [-0.2, 0) is 34.5 Å². The fraction of sp³-hybridized carbons (Fsp3) is 0.111. The van der Waals surface area contributed by atoms with Gasteiger partial charge < -0.3 is 10.2 Å². The molecule has 0 atom stereocenters. The second kappa shape index (κ2) is 9.24. The van der Waals surface area contributed by atoms with Gasteiger partial charge in [0.1, 0.15) is 22.0 Å². The molecule has 0 unspecified atom stereocenters. The molecule has 0 amide bonds. The van der Waals surface area contributed by atoms with E-state index in [1.54, 1.807) is 0 Å². The normalized spacial score (nSPS) is 13.0.